The van der Waals surface area contributed by atoms with E-state index in [1.165, 1.54) is 0 Å². The number of rotatable bonds is 8. The van der Waals surface area contributed by atoms with E-state index in [4.69, 9.17) is 14.2 Å². The minimum atomic E-state index is -0.201. The van der Waals surface area contributed by atoms with Crippen LogP contribution in [0.15, 0.2) is 78.9 Å². The molecule has 0 spiro atoms. The molecule has 3 aromatic rings. The number of carbonyl (C=O) groups excluding carboxylic acids is 1. The first-order valence-electron chi connectivity index (χ1n) is 10.4. The Labute approximate surface area is 182 Å². The highest BCUT2D eigenvalue weighted by molar-refractivity contribution is 5.91. The SMILES string of the molecule is O=C(COc1ccc(Oc2ccccc2)cc1)Nc1cccc(CN2CCOCC2)c1. The van der Waals surface area contributed by atoms with Crippen LogP contribution in [0.3, 0.4) is 0 Å². The van der Waals surface area contributed by atoms with Crippen molar-refractivity contribution in [2.75, 3.05) is 38.2 Å². The van der Waals surface area contributed by atoms with Crippen molar-refractivity contribution in [3.63, 3.8) is 0 Å². The Morgan fingerprint density at radius 1 is 0.871 bits per heavy atom. The maximum atomic E-state index is 12.3. The second kappa shape index (κ2) is 10.6. The predicted octanol–water partition coefficient (Wildman–Crippen LogP) is 4.33. The Balaban J connectivity index is 1.25. The van der Waals surface area contributed by atoms with Gasteiger partial charge in [-0.1, -0.05) is 30.3 Å². The largest absolute Gasteiger partial charge is 0.484 e. The van der Waals surface area contributed by atoms with Gasteiger partial charge in [0.25, 0.3) is 5.91 Å². The average Bonchev–Trinajstić information content (AvgIpc) is 2.80. The topological polar surface area (TPSA) is 60.0 Å². The number of hydrogen-bond donors (Lipinski definition) is 1. The van der Waals surface area contributed by atoms with Crippen LogP contribution in [0.2, 0.25) is 0 Å². The van der Waals surface area contributed by atoms with Gasteiger partial charge in [-0.2, -0.15) is 0 Å². The third-order valence-corrected chi connectivity index (χ3v) is 4.89. The van der Waals surface area contributed by atoms with E-state index in [0.29, 0.717) is 11.5 Å². The van der Waals surface area contributed by atoms with E-state index >= 15 is 0 Å². The molecular formula is C25H26N2O4. The summed E-state index contributed by atoms with van der Waals surface area (Å²) in [4.78, 5) is 14.7. The van der Waals surface area contributed by atoms with Gasteiger partial charge in [0, 0.05) is 25.3 Å². The van der Waals surface area contributed by atoms with Crippen molar-refractivity contribution in [2.45, 2.75) is 6.54 Å². The molecule has 1 heterocycles. The van der Waals surface area contributed by atoms with E-state index in [-0.39, 0.29) is 12.5 Å². The van der Waals surface area contributed by atoms with Gasteiger partial charge in [-0.25, -0.2) is 0 Å². The number of hydrogen-bond acceptors (Lipinski definition) is 5. The van der Waals surface area contributed by atoms with Gasteiger partial charge in [-0.15, -0.1) is 0 Å². The van der Waals surface area contributed by atoms with Crippen LogP contribution in [-0.2, 0) is 16.1 Å². The highest BCUT2D eigenvalue weighted by Crippen LogP contribution is 2.23. The van der Waals surface area contributed by atoms with Crippen LogP contribution in [0, 0.1) is 0 Å². The zero-order valence-electron chi connectivity index (χ0n) is 17.3. The summed E-state index contributed by atoms with van der Waals surface area (Å²) in [7, 11) is 0. The lowest BCUT2D eigenvalue weighted by atomic mass is 10.2. The molecule has 160 valence electrons. The molecule has 1 amide bonds. The maximum Gasteiger partial charge on any atom is 0.262 e. The normalized spacial score (nSPS) is 14.1. The third kappa shape index (κ3) is 6.57. The van der Waals surface area contributed by atoms with E-state index in [0.717, 1.165) is 49.8 Å². The summed E-state index contributed by atoms with van der Waals surface area (Å²) < 4.78 is 16.8. The van der Waals surface area contributed by atoms with Crippen LogP contribution in [0.1, 0.15) is 5.56 Å². The molecular weight excluding hydrogens is 392 g/mol. The molecule has 1 saturated heterocycles. The van der Waals surface area contributed by atoms with Gasteiger partial charge in [0.05, 0.1) is 13.2 Å². The molecule has 6 heteroatoms. The van der Waals surface area contributed by atoms with Gasteiger partial charge in [-0.05, 0) is 54.1 Å². The highest BCUT2D eigenvalue weighted by Gasteiger charge is 2.11. The maximum absolute atomic E-state index is 12.3. The third-order valence-electron chi connectivity index (χ3n) is 4.89. The summed E-state index contributed by atoms with van der Waals surface area (Å²) in [5.41, 5.74) is 1.93. The number of morpholine rings is 1. The van der Waals surface area contributed by atoms with E-state index in [1.807, 2.05) is 60.7 Å². The number of nitrogens with zero attached hydrogens (tertiary/aromatic N) is 1. The molecule has 3 aromatic carbocycles. The minimum absolute atomic E-state index is 0.0629. The summed E-state index contributed by atoms with van der Waals surface area (Å²) in [6.07, 6.45) is 0. The summed E-state index contributed by atoms with van der Waals surface area (Å²) in [6, 6.07) is 24.7. The first-order chi connectivity index (χ1) is 15.2. The summed E-state index contributed by atoms with van der Waals surface area (Å²) >= 11 is 0. The number of amides is 1. The smallest absolute Gasteiger partial charge is 0.262 e. The monoisotopic (exact) mass is 418 g/mol. The second-order valence-corrected chi connectivity index (χ2v) is 7.31. The zero-order valence-corrected chi connectivity index (χ0v) is 17.3. The molecule has 31 heavy (non-hydrogen) atoms. The molecule has 1 fully saturated rings. The lowest BCUT2D eigenvalue weighted by molar-refractivity contribution is -0.118. The summed E-state index contributed by atoms with van der Waals surface area (Å²) in [6.45, 7) is 4.19. The van der Waals surface area contributed by atoms with Crippen molar-refractivity contribution in [1.29, 1.82) is 0 Å². The molecule has 0 atom stereocenters. The first-order valence-corrected chi connectivity index (χ1v) is 10.4. The molecule has 6 nitrogen and oxygen atoms in total. The fourth-order valence-corrected chi connectivity index (χ4v) is 3.34. The Hall–Kier alpha value is -3.35. The van der Waals surface area contributed by atoms with Crippen LogP contribution in [0.5, 0.6) is 17.2 Å². The Morgan fingerprint density at radius 3 is 2.35 bits per heavy atom. The lowest BCUT2D eigenvalue weighted by Gasteiger charge is -2.26. The van der Waals surface area contributed by atoms with Crippen LogP contribution in [0.4, 0.5) is 5.69 Å². The number of anilines is 1. The van der Waals surface area contributed by atoms with Crippen molar-refractivity contribution in [1.82, 2.24) is 4.90 Å². The molecule has 1 aliphatic rings. The van der Waals surface area contributed by atoms with Crippen molar-refractivity contribution in [3.8, 4) is 17.2 Å². The van der Waals surface area contributed by atoms with E-state index in [9.17, 15) is 4.79 Å². The molecule has 0 radical (unpaired) electrons. The van der Waals surface area contributed by atoms with Crippen LogP contribution >= 0.6 is 0 Å². The van der Waals surface area contributed by atoms with Crippen molar-refractivity contribution in [3.05, 3.63) is 84.4 Å². The number of carbonyl (C=O) groups is 1. The highest BCUT2D eigenvalue weighted by atomic mass is 16.5. The summed E-state index contributed by atoms with van der Waals surface area (Å²) in [5, 5.41) is 2.90. The molecule has 0 aromatic heterocycles. The molecule has 1 aliphatic heterocycles. The van der Waals surface area contributed by atoms with Crippen LogP contribution in [0.25, 0.3) is 0 Å². The zero-order chi connectivity index (χ0) is 21.3. The predicted molar refractivity (Wildman–Crippen MR) is 120 cm³/mol. The van der Waals surface area contributed by atoms with Gasteiger partial charge in [0.15, 0.2) is 6.61 Å². The fraction of sp³-hybridized carbons (Fsp3) is 0.240. The van der Waals surface area contributed by atoms with Gasteiger partial charge in [0.1, 0.15) is 17.2 Å². The molecule has 1 N–H and O–H groups in total. The van der Waals surface area contributed by atoms with Gasteiger partial charge in [-0.3, -0.25) is 9.69 Å². The van der Waals surface area contributed by atoms with Gasteiger partial charge in [0.2, 0.25) is 0 Å². The molecule has 0 saturated carbocycles. The second-order valence-electron chi connectivity index (χ2n) is 7.31. The van der Waals surface area contributed by atoms with Crippen LogP contribution < -0.4 is 14.8 Å². The molecule has 0 unspecified atom stereocenters. The number of benzene rings is 3. The first kappa shape index (κ1) is 20.9. The van der Waals surface area contributed by atoms with Crippen molar-refractivity contribution in [2.24, 2.45) is 0 Å². The van der Waals surface area contributed by atoms with Crippen LogP contribution in [-0.4, -0.2) is 43.7 Å². The summed E-state index contributed by atoms with van der Waals surface area (Å²) in [5.74, 6) is 1.89. The fourth-order valence-electron chi connectivity index (χ4n) is 3.34. The van der Waals surface area contributed by atoms with E-state index in [2.05, 4.69) is 16.3 Å². The van der Waals surface area contributed by atoms with E-state index < -0.39 is 0 Å². The van der Waals surface area contributed by atoms with Crippen molar-refractivity contribution < 1.29 is 19.0 Å². The average molecular weight is 418 g/mol. The van der Waals surface area contributed by atoms with Crippen molar-refractivity contribution >= 4 is 11.6 Å². The van der Waals surface area contributed by atoms with Gasteiger partial charge >= 0.3 is 0 Å². The quantitative estimate of drug-likeness (QED) is 0.590. The number of ether oxygens (including phenoxy) is 3. The van der Waals surface area contributed by atoms with E-state index in [1.54, 1.807) is 12.1 Å². The Kier molecular flexibility index (Phi) is 7.16. The molecule has 0 bridgehead atoms. The Bertz CT molecular complexity index is 970. The lowest BCUT2D eigenvalue weighted by Crippen LogP contribution is -2.35. The Morgan fingerprint density at radius 2 is 1.58 bits per heavy atom. The minimum Gasteiger partial charge on any atom is -0.484 e. The molecule has 0 aliphatic carbocycles. The number of para-hydroxylation sites is 1. The van der Waals surface area contributed by atoms with Gasteiger partial charge < -0.3 is 19.5 Å². The molecule has 4 rings (SSSR count). The standard InChI is InChI=1S/C25H26N2O4/c28-25(26-21-6-4-5-20(17-21)18-27-13-15-29-16-14-27)19-30-22-9-11-24(12-10-22)31-23-7-2-1-3-8-23/h1-12,17H,13-16,18-19H2,(H,26,28). The number of nitrogens with one attached hydrogen (secondary N) is 1.